The van der Waals surface area contributed by atoms with Gasteiger partial charge < -0.3 is 25.0 Å². The minimum absolute atomic E-state index is 0.0401. The predicted octanol–water partition coefficient (Wildman–Crippen LogP) is 3.11. The minimum atomic E-state index is -0.442. The van der Waals surface area contributed by atoms with E-state index in [1.54, 1.807) is 31.3 Å². The molecule has 0 unspecified atom stereocenters. The number of carbonyl (C=O) groups excluding carboxylic acids is 4. The molecule has 2 heterocycles. The number of ketones is 1. The number of carbonyl (C=O) groups is 4. The molecule has 0 radical (unpaired) electrons. The molecule has 1 aromatic heterocycles. The van der Waals surface area contributed by atoms with Crippen LogP contribution in [0.2, 0.25) is 0 Å². The van der Waals surface area contributed by atoms with Gasteiger partial charge in [0.05, 0.1) is 30.8 Å². The van der Waals surface area contributed by atoms with Gasteiger partial charge >= 0.3 is 0 Å². The van der Waals surface area contributed by atoms with Gasteiger partial charge in [-0.15, -0.1) is 0 Å². The molecule has 0 spiro atoms. The summed E-state index contributed by atoms with van der Waals surface area (Å²) in [6, 6.07) is 3.61. The van der Waals surface area contributed by atoms with Crippen LogP contribution < -0.4 is 10.6 Å². The van der Waals surface area contributed by atoms with Crippen molar-refractivity contribution < 1.29 is 28.7 Å². The van der Waals surface area contributed by atoms with Gasteiger partial charge in [0, 0.05) is 57.4 Å². The van der Waals surface area contributed by atoms with Gasteiger partial charge in [-0.05, 0) is 76.3 Å². The van der Waals surface area contributed by atoms with Gasteiger partial charge in [0.1, 0.15) is 5.78 Å². The predicted molar refractivity (Wildman–Crippen MR) is 153 cm³/mol. The molecule has 3 amide bonds. The monoisotopic (exact) mass is 570 g/mol. The molecule has 3 fully saturated rings. The Morgan fingerprint density at radius 3 is 2.32 bits per heavy atom. The van der Waals surface area contributed by atoms with E-state index in [0.717, 1.165) is 56.9 Å². The fourth-order valence-electron chi connectivity index (χ4n) is 6.44. The number of hydrogen-bond donors (Lipinski definition) is 2. The number of nitrogens with zero attached hydrogens (tertiary/aromatic N) is 2. The van der Waals surface area contributed by atoms with Crippen LogP contribution in [0.5, 0.6) is 0 Å². The molecule has 41 heavy (non-hydrogen) atoms. The number of pyridine rings is 1. The summed E-state index contributed by atoms with van der Waals surface area (Å²) >= 11 is 0. The number of hydrogen-bond acceptors (Lipinski definition) is 7. The molecule has 1 saturated heterocycles. The van der Waals surface area contributed by atoms with Crippen molar-refractivity contribution in [3.63, 3.8) is 0 Å². The highest BCUT2D eigenvalue weighted by Crippen LogP contribution is 2.36. The molecule has 2 N–H and O–H groups in total. The largest absolute Gasteiger partial charge is 0.378 e. The van der Waals surface area contributed by atoms with Gasteiger partial charge in [-0.25, -0.2) is 0 Å². The van der Waals surface area contributed by atoms with E-state index < -0.39 is 5.92 Å². The van der Waals surface area contributed by atoms with Crippen molar-refractivity contribution in [2.24, 2.45) is 11.8 Å². The minimum Gasteiger partial charge on any atom is -0.378 e. The molecule has 10 nitrogen and oxygen atoms in total. The van der Waals surface area contributed by atoms with Crippen LogP contribution in [0, 0.1) is 11.8 Å². The van der Waals surface area contributed by atoms with Crippen molar-refractivity contribution in [2.75, 3.05) is 26.8 Å². The Kier molecular flexibility index (Phi) is 11.7. The number of likely N-dealkylation sites (tertiary alicyclic amines) is 1. The summed E-state index contributed by atoms with van der Waals surface area (Å²) in [5.41, 5.74) is 0.865. The number of nitrogens with one attached hydrogen (secondary N) is 2. The van der Waals surface area contributed by atoms with E-state index in [2.05, 4.69) is 15.6 Å². The summed E-state index contributed by atoms with van der Waals surface area (Å²) in [7, 11) is 1.73. The van der Waals surface area contributed by atoms with E-state index >= 15 is 0 Å². The highest BCUT2D eigenvalue weighted by atomic mass is 16.5. The lowest BCUT2D eigenvalue weighted by Gasteiger charge is -2.29. The third-order valence-electron chi connectivity index (χ3n) is 8.89. The zero-order valence-corrected chi connectivity index (χ0v) is 24.5. The van der Waals surface area contributed by atoms with Crippen LogP contribution in [-0.2, 0) is 28.7 Å². The summed E-state index contributed by atoms with van der Waals surface area (Å²) in [5, 5.41) is 6.07. The summed E-state index contributed by atoms with van der Waals surface area (Å²) in [4.78, 5) is 54.8. The summed E-state index contributed by atoms with van der Waals surface area (Å²) in [5.74, 6) is -0.111. The Balaban J connectivity index is 1.04. The molecule has 2 saturated carbocycles. The lowest BCUT2D eigenvalue weighted by Crippen LogP contribution is -2.38. The van der Waals surface area contributed by atoms with Crippen molar-refractivity contribution in [3.05, 3.63) is 30.1 Å². The first-order chi connectivity index (χ1) is 19.8. The van der Waals surface area contributed by atoms with Gasteiger partial charge in [0.25, 0.3) is 0 Å². The van der Waals surface area contributed by atoms with E-state index in [9.17, 15) is 19.2 Å². The average molecular weight is 571 g/mol. The molecule has 4 rings (SSSR count). The second kappa shape index (κ2) is 15.4. The van der Waals surface area contributed by atoms with Gasteiger partial charge in [-0.1, -0.05) is 6.07 Å². The molecular formula is C31H46N4O6. The molecule has 226 valence electrons. The van der Waals surface area contributed by atoms with E-state index in [1.807, 2.05) is 12.1 Å². The van der Waals surface area contributed by atoms with Crippen LogP contribution in [0.15, 0.2) is 24.5 Å². The summed E-state index contributed by atoms with van der Waals surface area (Å²) in [6.45, 7) is 3.07. The van der Waals surface area contributed by atoms with E-state index in [-0.39, 0.29) is 60.1 Å². The fraction of sp³-hybridized carbons (Fsp3) is 0.710. The SMILES string of the molecule is CC(=O)C1CCC(NC(=O)CCCOC2CCC(OCCNC(=O)[C@H]3CC(=O)N(C)[C@@H]3c3cccnc3)CC2)CC1. The Labute approximate surface area is 243 Å². The standard InChI is InChI=1S/C31H46N4O6/c1-21(36)22-7-9-24(10-8-22)34-28(37)6-4-17-40-25-11-13-26(14-12-25)41-18-16-33-31(39)27-19-29(38)35(2)30(27)23-5-3-15-32-20-23/h3,5,15,20,22,24-27,30H,4,6-14,16-19H2,1-2H3,(H,33,39)(H,34,37)/t22?,24?,25?,26?,27-,30+/m0/s1. The van der Waals surface area contributed by atoms with Gasteiger partial charge in [-0.2, -0.15) is 0 Å². The quantitative estimate of drug-likeness (QED) is 0.349. The van der Waals surface area contributed by atoms with E-state index in [1.165, 1.54) is 0 Å². The summed E-state index contributed by atoms with van der Waals surface area (Å²) < 4.78 is 12.0. The Hall–Kier alpha value is -2.85. The number of Topliss-reactive ketones (excluding diaryl/α,β-unsaturated/α-hetero) is 1. The molecule has 3 aliphatic rings. The summed E-state index contributed by atoms with van der Waals surface area (Å²) in [6.07, 6.45) is 12.3. The highest BCUT2D eigenvalue weighted by Gasteiger charge is 2.42. The molecule has 0 bridgehead atoms. The van der Waals surface area contributed by atoms with E-state index in [0.29, 0.717) is 32.6 Å². The van der Waals surface area contributed by atoms with E-state index in [4.69, 9.17) is 9.47 Å². The third-order valence-corrected chi connectivity index (χ3v) is 8.89. The van der Waals surface area contributed by atoms with Crippen LogP contribution in [0.3, 0.4) is 0 Å². The average Bonchev–Trinajstić information content (AvgIpc) is 3.28. The van der Waals surface area contributed by atoms with Crippen LogP contribution in [0.25, 0.3) is 0 Å². The lowest BCUT2D eigenvalue weighted by atomic mass is 9.84. The first-order valence-electron chi connectivity index (χ1n) is 15.3. The number of aromatic nitrogens is 1. The maximum atomic E-state index is 12.9. The van der Waals surface area contributed by atoms with Crippen molar-refractivity contribution >= 4 is 23.5 Å². The Morgan fingerprint density at radius 1 is 1.00 bits per heavy atom. The topological polar surface area (TPSA) is 127 Å². The Bertz CT molecular complexity index is 1020. The maximum absolute atomic E-state index is 12.9. The lowest BCUT2D eigenvalue weighted by molar-refractivity contribution is -0.128. The van der Waals surface area contributed by atoms with Crippen LogP contribution in [0.1, 0.15) is 89.2 Å². The number of rotatable bonds is 13. The molecule has 2 atom stereocenters. The normalized spacial score (nSPS) is 28.3. The van der Waals surface area contributed by atoms with Gasteiger partial charge in [0.2, 0.25) is 17.7 Å². The second-order valence-corrected chi connectivity index (χ2v) is 11.8. The maximum Gasteiger partial charge on any atom is 0.226 e. The third kappa shape index (κ3) is 9.07. The molecular weight excluding hydrogens is 524 g/mol. The van der Waals surface area contributed by atoms with Crippen molar-refractivity contribution in [1.29, 1.82) is 0 Å². The molecule has 0 aromatic carbocycles. The highest BCUT2D eigenvalue weighted by molar-refractivity contribution is 5.90. The molecule has 2 aliphatic carbocycles. The van der Waals surface area contributed by atoms with Crippen LogP contribution in [-0.4, -0.2) is 78.4 Å². The van der Waals surface area contributed by atoms with Gasteiger partial charge in [-0.3, -0.25) is 24.2 Å². The van der Waals surface area contributed by atoms with Gasteiger partial charge in [0.15, 0.2) is 0 Å². The molecule has 10 heteroatoms. The smallest absolute Gasteiger partial charge is 0.226 e. The number of ether oxygens (including phenoxy) is 2. The van der Waals surface area contributed by atoms with Crippen molar-refractivity contribution in [2.45, 2.75) is 102 Å². The fourth-order valence-corrected chi connectivity index (χ4v) is 6.44. The molecule has 1 aliphatic heterocycles. The number of amides is 3. The van der Waals surface area contributed by atoms with Crippen molar-refractivity contribution in [1.82, 2.24) is 20.5 Å². The zero-order chi connectivity index (χ0) is 29.2. The first kappa shape index (κ1) is 31.1. The first-order valence-corrected chi connectivity index (χ1v) is 15.3. The van der Waals surface area contributed by atoms with Crippen LogP contribution >= 0.6 is 0 Å². The molecule has 1 aromatic rings. The zero-order valence-electron chi connectivity index (χ0n) is 24.5. The second-order valence-electron chi connectivity index (χ2n) is 11.8. The van der Waals surface area contributed by atoms with Crippen molar-refractivity contribution in [3.8, 4) is 0 Å². The Morgan fingerprint density at radius 2 is 1.68 bits per heavy atom. The van der Waals surface area contributed by atoms with Crippen LogP contribution in [0.4, 0.5) is 0 Å².